The molecule has 1 N–H and O–H groups in total. The summed E-state index contributed by atoms with van der Waals surface area (Å²) in [6.45, 7) is 2.46. The molecular weight excluding hydrogens is 438 g/mol. The van der Waals surface area contributed by atoms with Gasteiger partial charge in [-0.3, -0.25) is 4.79 Å². The van der Waals surface area contributed by atoms with Crippen LogP contribution in [-0.2, 0) is 10.0 Å². The van der Waals surface area contributed by atoms with Gasteiger partial charge in [-0.1, -0.05) is 23.2 Å². The van der Waals surface area contributed by atoms with Crippen molar-refractivity contribution < 1.29 is 17.7 Å². The van der Waals surface area contributed by atoms with Crippen molar-refractivity contribution in [3.05, 3.63) is 65.3 Å². The average molecular weight is 460 g/mol. The molecule has 31 heavy (non-hydrogen) atoms. The highest BCUT2D eigenvalue weighted by atomic mass is 35.5. The van der Waals surface area contributed by atoms with Gasteiger partial charge < -0.3 is 9.84 Å². The largest absolute Gasteiger partial charge is 0.355 e. The van der Waals surface area contributed by atoms with Crippen molar-refractivity contribution >= 4 is 33.2 Å². The molecule has 0 bridgehead atoms. The fourth-order valence-electron chi connectivity index (χ4n) is 3.60. The first kappa shape index (κ1) is 21.5. The molecule has 1 aromatic heterocycles. The van der Waals surface area contributed by atoms with E-state index in [9.17, 15) is 13.2 Å². The summed E-state index contributed by atoms with van der Waals surface area (Å²) < 4.78 is 32.6. The number of amides is 1. The first-order valence-electron chi connectivity index (χ1n) is 10.0. The Morgan fingerprint density at radius 2 is 1.84 bits per heavy atom. The number of piperidine rings is 1. The van der Waals surface area contributed by atoms with Crippen LogP contribution in [0.15, 0.2) is 64.0 Å². The molecule has 0 unspecified atom stereocenters. The third-order valence-electron chi connectivity index (χ3n) is 5.33. The van der Waals surface area contributed by atoms with Gasteiger partial charge in [0, 0.05) is 34.9 Å². The fraction of sp³-hybridized carbons (Fsp3) is 0.273. The van der Waals surface area contributed by atoms with Crippen molar-refractivity contribution in [1.82, 2.24) is 9.46 Å². The van der Waals surface area contributed by atoms with Gasteiger partial charge in [-0.25, -0.2) is 8.42 Å². The predicted octanol–water partition coefficient (Wildman–Crippen LogP) is 4.81. The highest BCUT2D eigenvalue weighted by Gasteiger charge is 2.30. The lowest BCUT2D eigenvalue weighted by Gasteiger charge is -2.32. The van der Waals surface area contributed by atoms with Gasteiger partial charge in [0.1, 0.15) is 0 Å². The Hall–Kier alpha value is -2.68. The van der Waals surface area contributed by atoms with Crippen LogP contribution < -0.4 is 5.32 Å². The van der Waals surface area contributed by atoms with Crippen molar-refractivity contribution in [3.8, 4) is 11.3 Å². The summed E-state index contributed by atoms with van der Waals surface area (Å²) in [6.07, 6.45) is 2.77. The van der Waals surface area contributed by atoms with Gasteiger partial charge in [0.15, 0.2) is 11.5 Å². The average Bonchev–Trinajstić information content (AvgIpc) is 3.25. The van der Waals surface area contributed by atoms with E-state index in [4.69, 9.17) is 16.1 Å². The number of halogens is 1. The molecule has 1 fully saturated rings. The zero-order valence-electron chi connectivity index (χ0n) is 16.9. The van der Waals surface area contributed by atoms with Crippen LogP contribution in [0.1, 0.15) is 36.7 Å². The standard InChI is InChI=1S/C22H22ClN3O4S/c1-15-4-2-3-13-26(15)31(28,29)19-11-9-18(10-12-19)24-22(27)20-14-21(30-25-20)16-5-7-17(23)8-6-16/h5-12,14-15H,2-4,13H2,1H3,(H,24,27)/t15-/m0/s1. The van der Waals surface area contributed by atoms with E-state index in [0.29, 0.717) is 23.0 Å². The zero-order chi connectivity index (χ0) is 22.0. The second-order valence-electron chi connectivity index (χ2n) is 7.52. The molecule has 1 aliphatic heterocycles. The van der Waals surface area contributed by atoms with Crippen LogP contribution in [0.4, 0.5) is 5.69 Å². The normalized spacial score (nSPS) is 17.4. The van der Waals surface area contributed by atoms with Crippen molar-refractivity contribution in [2.24, 2.45) is 0 Å². The number of benzene rings is 2. The molecule has 0 spiro atoms. The Kier molecular flexibility index (Phi) is 6.13. The summed E-state index contributed by atoms with van der Waals surface area (Å²) in [5, 5.41) is 7.12. The van der Waals surface area contributed by atoms with Crippen molar-refractivity contribution in [2.75, 3.05) is 11.9 Å². The number of rotatable bonds is 5. The van der Waals surface area contributed by atoms with Crippen LogP contribution in [0.3, 0.4) is 0 Å². The van der Waals surface area contributed by atoms with E-state index in [0.717, 1.165) is 24.8 Å². The number of aromatic nitrogens is 1. The summed E-state index contributed by atoms with van der Waals surface area (Å²) in [6, 6.07) is 14.7. The maximum atomic E-state index is 12.9. The molecule has 1 saturated heterocycles. The van der Waals surface area contributed by atoms with Crippen LogP contribution in [-0.4, -0.2) is 36.4 Å². The van der Waals surface area contributed by atoms with Crippen LogP contribution in [0.2, 0.25) is 5.02 Å². The topological polar surface area (TPSA) is 92.5 Å². The Labute approximate surface area is 186 Å². The van der Waals surface area contributed by atoms with Crippen LogP contribution >= 0.6 is 11.6 Å². The zero-order valence-corrected chi connectivity index (χ0v) is 18.5. The minimum Gasteiger partial charge on any atom is -0.355 e. The molecule has 1 atom stereocenters. The van der Waals surface area contributed by atoms with Crippen LogP contribution in [0.5, 0.6) is 0 Å². The fourth-order valence-corrected chi connectivity index (χ4v) is 5.43. The third kappa shape index (κ3) is 4.66. The second kappa shape index (κ2) is 8.82. The number of hydrogen-bond donors (Lipinski definition) is 1. The summed E-state index contributed by atoms with van der Waals surface area (Å²) in [7, 11) is -3.56. The van der Waals surface area contributed by atoms with Gasteiger partial charge in [-0.2, -0.15) is 4.31 Å². The van der Waals surface area contributed by atoms with Crippen LogP contribution in [0, 0.1) is 0 Å². The van der Waals surface area contributed by atoms with Gasteiger partial charge in [-0.05, 0) is 68.3 Å². The molecule has 2 heterocycles. The maximum absolute atomic E-state index is 12.9. The van der Waals surface area contributed by atoms with Crippen LogP contribution in [0.25, 0.3) is 11.3 Å². The Morgan fingerprint density at radius 1 is 1.13 bits per heavy atom. The van der Waals surface area contributed by atoms with Gasteiger partial charge in [0.25, 0.3) is 5.91 Å². The van der Waals surface area contributed by atoms with Crippen molar-refractivity contribution in [2.45, 2.75) is 37.1 Å². The number of carbonyl (C=O) groups is 1. The Balaban J connectivity index is 1.45. The van der Waals surface area contributed by atoms with Gasteiger partial charge in [-0.15, -0.1) is 0 Å². The monoisotopic (exact) mass is 459 g/mol. The molecule has 1 aliphatic rings. The molecule has 0 saturated carbocycles. The molecule has 162 valence electrons. The minimum atomic E-state index is -3.56. The molecule has 0 radical (unpaired) electrons. The first-order valence-corrected chi connectivity index (χ1v) is 11.8. The lowest BCUT2D eigenvalue weighted by molar-refractivity contribution is 0.101. The van der Waals surface area contributed by atoms with E-state index in [1.54, 1.807) is 40.7 Å². The number of anilines is 1. The highest BCUT2D eigenvalue weighted by molar-refractivity contribution is 7.89. The molecule has 4 rings (SSSR count). The third-order valence-corrected chi connectivity index (χ3v) is 7.61. The van der Waals surface area contributed by atoms with Gasteiger partial charge in [0.2, 0.25) is 10.0 Å². The summed E-state index contributed by atoms with van der Waals surface area (Å²) in [5.74, 6) is -0.0110. The summed E-state index contributed by atoms with van der Waals surface area (Å²) in [4.78, 5) is 12.7. The second-order valence-corrected chi connectivity index (χ2v) is 9.85. The molecule has 3 aromatic rings. The van der Waals surface area contributed by atoms with Gasteiger partial charge in [0.05, 0.1) is 4.90 Å². The van der Waals surface area contributed by atoms with E-state index < -0.39 is 15.9 Å². The molecule has 9 heteroatoms. The predicted molar refractivity (Wildman–Crippen MR) is 119 cm³/mol. The number of hydrogen-bond acceptors (Lipinski definition) is 5. The lowest BCUT2D eigenvalue weighted by atomic mass is 10.1. The first-order chi connectivity index (χ1) is 14.8. The SMILES string of the molecule is C[C@H]1CCCCN1S(=O)(=O)c1ccc(NC(=O)c2cc(-c3ccc(Cl)cc3)on2)cc1. The lowest BCUT2D eigenvalue weighted by Crippen LogP contribution is -2.41. The smallest absolute Gasteiger partial charge is 0.277 e. The highest BCUT2D eigenvalue weighted by Crippen LogP contribution is 2.26. The van der Waals surface area contributed by atoms with Crippen molar-refractivity contribution in [1.29, 1.82) is 0 Å². The number of sulfonamides is 1. The van der Waals surface area contributed by atoms with Gasteiger partial charge >= 0.3 is 0 Å². The summed E-state index contributed by atoms with van der Waals surface area (Å²) in [5.41, 5.74) is 1.33. The quantitative estimate of drug-likeness (QED) is 0.591. The van der Waals surface area contributed by atoms with E-state index in [1.165, 1.54) is 18.2 Å². The van der Waals surface area contributed by atoms with E-state index in [1.807, 2.05) is 6.92 Å². The minimum absolute atomic E-state index is 0.0138. The summed E-state index contributed by atoms with van der Waals surface area (Å²) >= 11 is 5.88. The van der Waals surface area contributed by atoms with E-state index in [2.05, 4.69) is 10.5 Å². The molecular formula is C22H22ClN3O4S. The molecule has 1 amide bonds. The molecule has 2 aromatic carbocycles. The molecule has 7 nitrogen and oxygen atoms in total. The number of nitrogens with zero attached hydrogens (tertiary/aromatic N) is 2. The van der Waals surface area contributed by atoms with E-state index >= 15 is 0 Å². The Bertz CT molecular complexity index is 1170. The number of carbonyl (C=O) groups excluding carboxylic acids is 1. The Morgan fingerprint density at radius 3 is 2.52 bits per heavy atom. The number of nitrogens with one attached hydrogen (secondary N) is 1. The van der Waals surface area contributed by atoms with E-state index in [-0.39, 0.29) is 16.6 Å². The van der Waals surface area contributed by atoms with Crippen molar-refractivity contribution in [3.63, 3.8) is 0 Å². The maximum Gasteiger partial charge on any atom is 0.277 e. The molecule has 0 aliphatic carbocycles.